The van der Waals surface area contributed by atoms with Crippen molar-refractivity contribution in [2.75, 3.05) is 5.73 Å². The van der Waals surface area contributed by atoms with E-state index in [1.165, 1.54) is 30.9 Å². The molecule has 0 heterocycles. The van der Waals surface area contributed by atoms with Gasteiger partial charge in [-0.3, -0.25) is 0 Å². The molecular formula is C19H22FN. The van der Waals surface area contributed by atoms with Crippen molar-refractivity contribution in [1.82, 2.24) is 0 Å². The zero-order valence-corrected chi connectivity index (χ0v) is 12.5. The average molecular weight is 283 g/mol. The van der Waals surface area contributed by atoms with Crippen molar-refractivity contribution in [2.45, 2.75) is 32.6 Å². The summed E-state index contributed by atoms with van der Waals surface area (Å²) in [6.45, 7) is 2.22. The Morgan fingerprint density at radius 3 is 2.29 bits per heavy atom. The number of rotatable bonds is 6. The molecule has 0 bridgehead atoms. The van der Waals surface area contributed by atoms with E-state index in [2.05, 4.69) is 31.2 Å². The molecule has 2 heteroatoms. The highest BCUT2D eigenvalue weighted by Crippen LogP contribution is 2.15. The van der Waals surface area contributed by atoms with E-state index in [0.717, 1.165) is 17.5 Å². The van der Waals surface area contributed by atoms with Crippen molar-refractivity contribution in [1.29, 1.82) is 0 Å². The number of aryl methyl sites for hydroxylation is 1. The zero-order valence-electron chi connectivity index (χ0n) is 12.5. The van der Waals surface area contributed by atoms with Gasteiger partial charge in [-0.1, -0.05) is 62.2 Å². The van der Waals surface area contributed by atoms with E-state index in [1.807, 2.05) is 18.2 Å². The third-order valence-electron chi connectivity index (χ3n) is 3.54. The van der Waals surface area contributed by atoms with Gasteiger partial charge >= 0.3 is 0 Å². The molecule has 0 spiro atoms. The first-order chi connectivity index (χ1) is 10.2. The molecule has 0 saturated heterocycles. The molecule has 0 aliphatic heterocycles. The first-order valence-corrected chi connectivity index (χ1v) is 7.51. The lowest BCUT2D eigenvalue weighted by Gasteiger charge is -2.02. The fourth-order valence-corrected chi connectivity index (χ4v) is 2.21. The second-order valence-electron chi connectivity index (χ2n) is 5.31. The highest BCUT2D eigenvalue weighted by molar-refractivity contribution is 5.70. The molecule has 0 radical (unpaired) electrons. The lowest BCUT2D eigenvalue weighted by atomic mass is 10.0. The Bertz CT molecular complexity index is 599. The van der Waals surface area contributed by atoms with Gasteiger partial charge in [0.15, 0.2) is 0 Å². The number of hydrogen-bond acceptors (Lipinski definition) is 1. The maximum atomic E-state index is 13.3. The van der Waals surface area contributed by atoms with Crippen LogP contribution in [0.25, 0.3) is 12.2 Å². The number of hydrogen-bond donors (Lipinski definition) is 1. The number of nitrogen functional groups attached to an aromatic ring is 1. The minimum Gasteiger partial charge on any atom is -0.396 e. The number of unbranched alkanes of at least 4 members (excludes halogenated alkanes) is 2. The summed E-state index contributed by atoms with van der Waals surface area (Å²) in [5.74, 6) is -0.372. The maximum absolute atomic E-state index is 13.3. The smallest absolute Gasteiger partial charge is 0.146 e. The van der Waals surface area contributed by atoms with Crippen LogP contribution < -0.4 is 5.73 Å². The summed E-state index contributed by atoms with van der Waals surface area (Å²) in [7, 11) is 0. The number of anilines is 1. The second-order valence-corrected chi connectivity index (χ2v) is 5.31. The van der Waals surface area contributed by atoms with Crippen molar-refractivity contribution in [3.8, 4) is 0 Å². The summed E-state index contributed by atoms with van der Waals surface area (Å²) in [5, 5.41) is 0. The molecule has 2 N–H and O–H groups in total. The molecule has 0 aromatic heterocycles. The van der Waals surface area contributed by atoms with E-state index in [4.69, 9.17) is 5.73 Å². The fraction of sp³-hybridized carbons (Fsp3) is 0.263. The monoisotopic (exact) mass is 283 g/mol. The highest BCUT2D eigenvalue weighted by Gasteiger charge is 1.97. The van der Waals surface area contributed by atoms with Gasteiger partial charge in [0.2, 0.25) is 0 Å². The lowest BCUT2D eigenvalue weighted by molar-refractivity contribution is 0.632. The van der Waals surface area contributed by atoms with Crippen LogP contribution in [0.3, 0.4) is 0 Å². The van der Waals surface area contributed by atoms with Crippen LogP contribution in [0.1, 0.15) is 42.9 Å². The van der Waals surface area contributed by atoms with E-state index in [9.17, 15) is 4.39 Å². The lowest BCUT2D eigenvalue weighted by Crippen LogP contribution is -1.89. The molecule has 0 fully saturated rings. The molecule has 21 heavy (non-hydrogen) atoms. The van der Waals surface area contributed by atoms with Crippen molar-refractivity contribution in [3.05, 3.63) is 65.0 Å². The maximum Gasteiger partial charge on any atom is 0.146 e. The molecular weight excluding hydrogens is 261 g/mol. The molecule has 0 saturated carbocycles. The fourth-order valence-electron chi connectivity index (χ4n) is 2.21. The molecule has 110 valence electrons. The SMILES string of the molecule is CCCCCc1ccc(/C=C/c2ccc(N)c(F)c2)cc1. The van der Waals surface area contributed by atoms with E-state index in [-0.39, 0.29) is 11.5 Å². The van der Waals surface area contributed by atoms with Gasteiger partial charge in [0.25, 0.3) is 0 Å². The van der Waals surface area contributed by atoms with Gasteiger partial charge in [-0.15, -0.1) is 0 Å². The van der Waals surface area contributed by atoms with Crippen molar-refractivity contribution >= 4 is 17.8 Å². The molecule has 0 atom stereocenters. The summed E-state index contributed by atoms with van der Waals surface area (Å²) >= 11 is 0. The van der Waals surface area contributed by atoms with Gasteiger partial charge in [0.1, 0.15) is 5.82 Å². The Hall–Kier alpha value is -2.09. The van der Waals surface area contributed by atoms with Gasteiger partial charge in [0, 0.05) is 0 Å². The molecule has 0 aliphatic carbocycles. The Balaban J connectivity index is 1.99. The Morgan fingerprint density at radius 2 is 1.62 bits per heavy atom. The Labute approximate surface area is 126 Å². The standard InChI is InChI=1S/C19H22FN/c1-2-3-4-5-15-6-8-16(9-7-15)10-11-17-12-13-19(21)18(20)14-17/h6-14H,2-5,21H2,1H3/b11-10+. The zero-order chi connectivity index (χ0) is 15.1. The Morgan fingerprint density at radius 1 is 0.952 bits per heavy atom. The van der Waals surface area contributed by atoms with Crippen LogP contribution in [0.15, 0.2) is 42.5 Å². The second kappa shape index (κ2) is 7.63. The normalized spacial score (nSPS) is 11.1. The van der Waals surface area contributed by atoms with Gasteiger partial charge in [-0.25, -0.2) is 4.39 Å². The van der Waals surface area contributed by atoms with Crippen LogP contribution in [0.4, 0.5) is 10.1 Å². The van der Waals surface area contributed by atoms with E-state index < -0.39 is 0 Å². The van der Waals surface area contributed by atoms with Gasteiger partial charge < -0.3 is 5.73 Å². The minimum absolute atomic E-state index is 0.184. The van der Waals surface area contributed by atoms with E-state index in [0.29, 0.717) is 0 Å². The third kappa shape index (κ3) is 4.75. The molecule has 2 rings (SSSR count). The van der Waals surface area contributed by atoms with Crippen molar-refractivity contribution in [2.24, 2.45) is 0 Å². The molecule has 2 aromatic rings. The Kier molecular flexibility index (Phi) is 5.56. The van der Waals surface area contributed by atoms with Crippen LogP contribution in [0.2, 0.25) is 0 Å². The van der Waals surface area contributed by atoms with Crippen molar-refractivity contribution in [3.63, 3.8) is 0 Å². The molecule has 0 unspecified atom stereocenters. The minimum atomic E-state index is -0.372. The third-order valence-corrected chi connectivity index (χ3v) is 3.54. The molecule has 1 nitrogen and oxygen atoms in total. The van der Waals surface area contributed by atoms with Crippen LogP contribution >= 0.6 is 0 Å². The topological polar surface area (TPSA) is 26.0 Å². The number of halogens is 1. The molecule has 0 aliphatic rings. The summed E-state index contributed by atoms with van der Waals surface area (Å²) in [5.41, 5.74) is 8.95. The van der Waals surface area contributed by atoms with Crippen molar-refractivity contribution < 1.29 is 4.39 Å². The summed E-state index contributed by atoms with van der Waals surface area (Å²) in [6, 6.07) is 13.4. The first kappa shape index (κ1) is 15.3. The first-order valence-electron chi connectivity index (χ1n) is 7.51. The predicted molar refractivity (Wildman–Crippen MR) is 89.4 cm³/mol. The van der Waals surface area contributed by atoms with E-state index >= 15 is 0 Å². The van der Waals surface area contributed by atoms with Crippen LogP contribution in [0, 0.1) is 5.82 Å². The van der Waals surface area contributed by atoms with Gasteiger partial charge in [0.05, 0.1) is 5.69 Å². The van der Waals surface area contributed by atoms with E-state index in [1.54, 1.807) is 6.07 Å². The predicted octanol–water partition coefficient (Wildman–Crippen LogP) is 5.31. The summed E-state index contributed by atoms with van der Waals surface area (Å²) in [4.78, 5) is 0. The van der Waals surface area contributed by atoms with Gasteiger partial charge in [-0.2, -0.15) is 0 Å². The van der Waals surface area contributed by atoms with Crippen LogP contribution in [-0.2, 0) is 6.42 Å². The quantitative estimate of drug-likeness (QED) is 0.434. The van der Waals surface area contributed by atoms with Crippen LogP contribution in [-0.4, -0.2) is 0 Å². The van der Waals surface area contributed by atoms with Crippen LogP contribution in [0.5, 0.6) is 0 Å². The largest absolute Gasteiger partial charge is 0.396 e. The molecule has 2 aromatic carbocycles. The molecule has 0 amide bonds. The number of benzene rings is 2. The van der Waals surface area contributed by atoms with Gasteiger partial charge in [-0.05, 0) is 41.7 Å². The summed E-state index contributed by atoms with van der Waals surface area (Å²) < 4.78 is 13.3. The highest BCUT2D eigenvalue weighted by atomic mass is 19.1. The number of nitrogens with two attached hydrogens (primary N) is 1. The average Bonchev–Trinajstić information content (AvgIpc) is 2.50. The summed E-state index contributed by atoms with van der Waals surface area (Å²) in [6.07, 6.45) is 8.80.